The SMILES string of the molecule is CCCCCC(C/C=C/C(=O)OC)c1ccccc1. The minimum atomic E-state index is -0.277. The van der Waals surface area contributed by atoms with Gasteiger partial charge < -0.3 is 4.74 Å². The summed E-state index contributed by atoms with van der Waals surface area (Å²) in [5.41, 5.74) is 1.35. The zero-order valence-corrected chi connectivity index (χ0v) is 12.0. The molecule has 19 heavy (non-hydrogen) atoms. The first kappa shape index (κ1) is 15.5. The average Bonchev–Trinajstić information content (AvgIpc) is 2.46. The van der Waals surface area contributed by atoms with Gasteiger partial charge in [0.2, 0.25) is 0 Å². The Bertz CT molecular complexity index is 382. The fourth-order valence-electron chi connectivity index (χ4n) is 2.18. The highest BCUT2D eigenvalue weighted by Crippen LogP contribution is 2.26. The van der Waals surface area contributed by atoms with Crippen molar-refractivity contribution in [3.63, 3.8) is 0 Å². The Balaban J connectivity index is 2.59. The summed E-state index contributed by atoms with van der Waals surface area (Å²) in [6, 6.07) is 10.5. The third kappa shape index (κ3) is 6.23. The molecule has 0 N–H and O–H groups in total. The number of rotatable bonds is 8. The Kier molecular flexibility index (Phi) is 7.64. The molecule has 0 saturated heterocycles. The third-order valence-electron chi connectivity index (χ3n) is 3.30. The van der Waals surface area contributed by atoms with E-state index in [0.717, 1.165) is 6.42 Å². The van der Waals surface area contributed by atoms with E-state index in [9.17, 15) is 4.79 Å². The maximum atomic E-state index is 11.1. The van der Waals surface area contributed by atoms with E-state index in [1.165, 1.54) is 44.4 Å². The van der Waals surface area contributed by atoms with Gasteiger partial charge in [-0.1, -0.05) is 62.6 Å². The van der Waals surface area contributed by atoms with Crippen molar-refractivity contribution in [3.05, 3.63) is 48.0 Å². The van der Waals surface area contributed by atoms with Crippen LogP contribution >= 0.6 is 0 Å². The van der Waals surface area contributed by atoms with Crippen LogP contribution in [0.5, 0.6) is 0 Å². The van der Waals surface area contributed by atoms with E-state index in [2.05, 4.69) is 35.9 Å². The van der Waals surface area contributed by atoms with Gasteiger partial charge in [-0.25, -0.2) is 4.79 Å². The van der Waals surface area contributed by atoms with E-state index in [1.807, 2.05) is 12.1 Å². The van der Waals surface area contributed by atoms with Crippen LogP contribution in [-0.4, -0.2) is 13.1 Å². The van der Waals surface area contributed by atoms with E-state index in [1.54, 1.807) is 0 Å². The maximum Gasteiger partial charge on any atom is 0.330 e. The molecule has 0 bridgehead atoms. The van der Waals surface area contributed by atoms with Crippen molar-refractivity contribution in [2.45, 2.75) is 44.9 Å². The summed E-state index contributed by atoms with van der Waals surface area (Å²) in [6.07, 6.45) is 9.25. The molecule has 0 fully saturated rings. The molecular weight excluding hydrogens is 236 g/mol. The number of allylic oxidation sites excluding steroid dienone is 1. The average molecular weight is 260 g/mol. The second kappa shape index (κ2) is 9.37. The van der Waals surface area contributed by atoms with Gasteiger partial charge >= 0.3 is 5.97 Å². The van der Waals surface area contributed by atoms with Crippen molar-refractivity contribution in [2.75, 3.05) is 7.11 Å². The van der Waals surface area contributed by atoms with Crippen LogP contribution in [0.3, 0.4) is 0 Å². The monoisotopic (exact) mass is 260 g/mol. The summed E-state index contributed by atoms with van der Waals surface area (Å²) in [6.45, 7) is 2.22. The third-order valence-corrected chi connectivity index (χ3v) is 3.30. The van der Waals surface area contributed by atoms with Crippen LogP contribution < -0.4 is 0 Å². The van der Waals surface area contributed by atoms with Crippen molar-refractivity contribution in [2.24, 2.45) is 0 Å². The van der Waals surface area contributed by atoms with Gasteiger partial charge in [0.15, 0.2) is 0 Å². The van der Waals surface area contributed by atoms with Gasteiger partial charge in [-0.3, -0.25) is 0 Å². The number of carbonyl (C=O) groups is 1. The molecule has 0 aromatic heterocycles. The first-order valence-electron chi connectivity index (χ1n) is 7.07. The molecular formula is C17H24O2. The summed E-state index contributed by atoms with van der Waals surface area (Å²) in [5, 5.41) is 0. The van der Waals surface area contributed by atoms with Gasteiger partial charge in [-0.15, -0.1) is 0 Å². The molecule has 1 unspecified atom stereocenters. The van der Waals surface area contributed by atoms with Gasteiger partial charge in [-0.2, -0.15) is 0 Å². The van der Waals surface area contributed by atoms with Crippen LogP contribution in [0.2, 0.25) is 0 Å². The maximum absolute atomic E-state index is 11.1. The molecule has 0 aliphatic heterocycles. The minimum Gasteiger partial charge on any atom is -0.466 e. The van der Waals surface area contributed by atoms with Gasteiger partial charge in [0.25, 0.3) is 0 Å². The number of hydrogen-bond acceptors (Lipinski definition) is 2. The number of hydrogen-bond donors (Lipinski definition) is 0. The molecule has 0 radical (unpaired) electrons. The van der Waals surface area contributed by atoms with Crippen LogP contribution in [0, 0.1) is 0 Å². The molecule has 2 nitrogen and oxygen atoms in total. The molecule has 0 heterocycles. The molecule has 1 rings (SSSR count). The fraction of sp³-hybridized carbons (Fsp3) is 0.471. The highest BCUT2D eigenvalue weighted by atomic mass is 16.5. The Hall–Kier alpha value is -1.57. The quantitative estimate of drug-likeness (QED) is 0.391. The lowest BCUT2D eigenvalue weighted by Gasteiger charge is -2.15. The van der Waals surface area contributed by atoms with Gasteiger partial charge in [-0.05, 0) is 24.3 Å². The fourth-order valence-corrected chi connectivity index (χ4v) is 2.18. The normalized spacial score (nSPS) is 12.5. The van der Waals surface area contributed by atoms with E-state index in [-0.39, 0.29) is 5.97 Å². The number of benzene rings is 1. The molecule has 0 aliphatic carbocycles. The zero-order chi connectivity index (χ0) is 13.9. The Morgan fingerprint density at radius 1 is 1.26 bits per heavy atom. The van der Waals surface area contributed by atoms with Crippen molar-refractivity contribution < 1.29 is 9.53 Å². The number of unbranched alkanes of at least 4 members (excludes halogenated alkanes) is 2. The van der Waals surface area contributed by atoms with E-state index in [0.29, 0.717) is 5.92 Å². The number of ether oxygens (including phenoxy) is 1. The summed E-state index contributed by atoms with van der Waals surface area (Å²) >= 11 is 0. The van der Waals surface area contributed by atoms with Crippen LogP contribution in [0.1, 0.15) is 50.5 Å². The first-order chi connectivity index (χ1) is 9.27. The van der Waals surface area contributed by atoms with Crippen molar-refractivity contribution in [3.8, 4) is 0 Å². The summed E-state index contributed by atoms with van der Waals surface area (Å²) < 4.78 is 4.61. The van der Waals surface area contributed by atoms with Crippen molar-refractivity contribution in [1.82, 2.24) is 0 Å². The molecule has 0 spiro atoms. The van der Waals surface area contributed by atoms with Crippen LogP contribution in [0.25, 0.3) is 0 Å². The molecule has 1 aromatic carbocycles. The molecule has 0 aliphatic rings. The Morgan fingerprint density at radius 3 is 2.63 bits per heavy atom. The van der Waals surface area contributed by atoms with Crippen LogP contribution in [0.15, 0.2) is 42.5 Å². The van der Waals surface area contributed by atoms with E-state index >= 15 is 0 Å². The second-order valence-corrected chi connectivity index (χ2v) is 4.76. The van der Waals surface area contributed by atoms with E-state index in [4.69, 9.17) is 0 Å². The smallest absolute Gasteiger partial charge is 0.330 e. The van der Waals surface area contributed by atoms with E-state index < -0.39 is 0 Å². The predicted octanol–water partition coefficient (Wildman–Crippen LogP) is 4.47. The largest absolute Gasteiger partial charge is 0.466 e. The molecule has 0 saturated carbocycles. The summed E-state index contributed by atoms with van der Waals surface area (Å²) in [7, 11) is 1.41. The number of methoxy groups -OCH3 is 1. The topological polar surface area (TPSA) is 26.3 Å². The minimum absolute atomic E-state index is 0.277. The lowest BCUT2D eigenvalue weighted by Crippen LogP contribution is -1.99. The van der Waals surface area contributed by atoms with Crippen molar-refractivity contribution >= 4 is 5.97 Å². The Labute approximate surface area is 116 Å². The van der Waals surface area contributed by atoms with Gasteiger partial charge in [0.1, 0.15) is 0 Å². The van der Waals surface area contributed by atoms with Gasteiger partial charge in [0, 0.05) is 6.08 Å². The molecule has 1 atom stereocenters. The van der Waals surface area contributed by atoms with Gasteiger partial charge in [0.05, 0.1) is 7.11 Å². The predicted molar refractivity (Wildman–Crippen MR) is 79.1 cm³/mol. The highest BCUT2D eigenvalue weighted by molar-refractivity contribution is 5.81. The molecule has 0 amide bonds. The second-order valence-electron chi connectivity index (χ2n) is 4.76. The molecule has 2 heteroatoms. The zero-order valence-electron chi connectivity index (χ0n) is 12.0. The Morgan fingerprint density at radius 2 is 2.00 bits per heavy atom. The molecule has 1 aromatic rings. The molecule has 104 valence electrons. The number of esters is 1. The lowest BCUT2D eigenvalue weighted by atomic mass is 9.90. The summed E-state index contributed by atoms with van der Waals surface area (Å²) in [5.74, 6) is 0.217. The summed E-state index contributed by atoms with van der Waals surface area (Å²) in [4.78, 5) is 11.1. The van der Waals surface area contributed by atoms with Crippen LogP contribution in [0.4, 0.5) is 0 Å². The number of carbonyl (C=O) groups excluding carboxylic acids is 1. The van der Waals surface area contributed by atoms with Crippen molar-refractivity contribution in [1.29, 1.82) is 0 Å². The first-order valence-corrected chi connectivity index (χ1v) is 7.07. The highest BCUT2D eigenvalue weighted by Gasteiger charge is 2.09. The van der Waals surface area contributed by atoms with Crippen LogP contribution in [-0.2, 0) is 9.53 Å². The standard InChI is InChI=1S/C17H24O2/c1-3-4-6-10-16(13-9-14-17(18)19-2)15-11-7-5-8-12-15/h5,7-9,11-12,14,16H,3-4,6,10,13H2,1-2H3/b14-9+. The lowest BCUT2D eigenvalue weighted by molar-refractivity contribution is -0.134.